The van der Waals surface area contributed by atoms with Crippen molar-refractivity contribution in [3.63, 3.8) is 0 Å². The predicted octanol–water partition coefficient (Wildman–Crippen LogP) is 3.27. The van der Waals surface area contributed by atoms with Crippen molar-refractivity contribution in [2.75, 3.05) is 6.61 Å². The van der Waals surface area contributed by atoms with Crippen LogP contribution < -0.4 is 11.1 Å². The van der Waals surface area contributed by atoms with Gasteiger partial charge >= 0.3 is 18.0 Å². The highest BCUT2D eigenvalue weighted by Gasteiger charge is 2.44. The van der Waals surface area contributed by atoms with E-state index >= 15 is 0 Å². The number of hydrogen-bond donors (Lipinski definition) is 2. The molecule has 2 aliphatic carbocycles. The van der Waals surface area contributed by atoms with Crippen molar-refractivity contribution in [3.05, 3.63) is 24.0 Å². The maximum atomic E-state index is 13.2. The maximum absolute atomic E-state index is 13.2. The molecule has 3 rings (SSSR count). The quantitative estimate of drug-likeness (QED) is 0.580. The fourth-order valence-corrected chi connectivity index (χ4v) is 4.76. The number of nitrogens with zero attached hydrogens (tertiary/aromatic N) is 1. The standard InChI is InChI=1S/C24H35N3O5/c1-4-18-20(23(29)31-13-16-9-6-5-7-10-16)21(27-24(30)26-18)17-11-8-12-19(14(17)2)32-22(28)15(3)25/h8,11-12,14-17,20-21H,4-7,9-10,13,25H2,1-3H3,(H,27,30). The Balaban J connectivity index is 1.77. The Morgan fingerprint density at radius 1 is 1.28 bits per heavy atom. The molecule has 0 saturated heterocycles. The van der Waals surface area contributed by atoms with Crippen LogP contribution >= 0.6 is 0 Å². The summed E-state index contributed by atoms with van der Waals surface area (Å²) in [5, 5.41) is 2.88. The lowest BCUT2D eigenvalue weighted by atomic mass is 9.75. The molecule has 0 bridgehead atoms. The molecule has 0 aromatic heterocycles. The average molecular weight is 446 g/mol. The van der Waals surface area contributed by atoms with Crippen molar-refractivity contribution in [1.82, 2.24) is 5.32 Å². The molecule has 5 unspecified atom stereocenters. The minimum Gasteiger partial charge on any atom is -0.465 e. The number of hydrogen-bond acceptors (Lipinski definition) is 6. The van der Waals surface area contributed by atoms with Gasteiger partial charge in [0.05, 0.1) is 12.6 Å². The number of rotatable bonds is 7. The summed E-state index contributed by atoms with van der Waals surface area (Å²) in [5.41, 5.74) is 6.16. The molecule has 32 heavy (non-hydrogen) atoms. The fourth-order valence-electron chi connectivity index (χ4n) is 4.76. The molecule has 0 aromatic rings. The molecule has 3 N–H and O–H groups in total. The predicted molar refractivity (Wildman–Crippen MR) is 121 cm³/mol. The summed E-state index contributed by atoms with van der Waals surface area (Å²) < 4.78 is 11.2. The Labute approximate surface area is 189 Å². The van der Waals surface area contributed by atoms with Crippen LogP contribution in [0.3, 0.4) is 0 Å². The number of allylic oxidation sites excluding steroid dienone is 3. The SMILES string of the molecule is CCC1=NC(=O)NC(C2C=CC=C(OC(=O)C(C)N)C2C)C1C(=O)OCC1CCCCC1. The highest BCUT2D eigenvalue weighted by molar-refractivity contribution is 6.09. The van der Waals surface area contributed by atoms with E-state index in [1.165, 1.54) is 19.3 Å². The summed E-state index contributed by atoms with van der Waals surface area (Å²) in [4.78, 5) is 41.7. The molecule has 5 atom stereocenters. The average Bonchev–Trinajstić information content (AvgIpc) is 2.78. The van der Waals surface area contributed by atoms with Crippen molar-refractivity contribution >= 4 is 23.7 Å². The Kier molecular flexibility index (Phi) is 8.23. The molecule has 8 nitrogen and oxygen atoms in total. The van der Waals surface area contributed by atoms with E-state index < -0.39 is 30.0 Å². The maximum Gasteiger partial charge on any atom is 0.341 e. The van der Waals surface area contributed by atoms with Crippen LogP contribution in [-0.2, 0) is 19.1 Å². The molecule has 1 heterocycles. The first-order valence-corrected chi connectivity index (χ1v) is 11.7. The molecular formula is C24H35N3O5. The number of aliphatic imine (C=N–C) groups is 1. The van der Waals surface area contributed by atoms with Gasteiger partial charge < -0.3 is 20.5 Å². The number of ether oxygens (including phenoxy) is 2. The fraction of sp³-hybridized carbons (Fsp3) is 0.667. The third kappa shape index (κ3) is 5.65. The normalized spacial score (nSPS) is 29.4. The third-order valence-electron chi connectivity index (χ3n) is 6.68. The van der Waals surface area contributed by atoms with Crippen LogP contribution in [0.2, 0.25) is 0 Å². The summed E-state index contributed by atoms with van der Waals surface area (Å²) in [5.74, 6) is -1.23. The van der Waals surface area contributed by atoms with Gasteiger partial charge in [0.2, 0.25) is 0 Å². The zero-order valence-electron chi connectivity index (χ0n) is 19.2. The molecule has 0 aromatic carbocycles. The van der Waals surface area contributed by atoms with Gasteiger partial charge in [0, 0.05) is 17.5 Å². The Morgan fingerprint density at radius 2 is 2.00 bits per heavy atom. The molecule has 176 valence electrons. The van der Waals surface area contributed by atoms with Gasteiger partial charge in [-0.2, -0.15) is 0 Å². The second kappa shape index (κ2) is 10.9. The van der Waals surface area contributed by atoms with Crippen molar-refractivity contribution in [2.24, 2.45) is 34.4 Å². The van der Waals surface area contributed by atoms with Crippen LogP contribution in [0.1, 0.15) is 59.3 Å². The lowest BCUT2D eigenvalue weighted by Crippen LogP contribution is -2.55. The van der Waals surface area contributed by atoms with Gasteiger partial charge in [0.25, 0.3) is 0 Å². The van der Waals surface area contributed by atoms with Gasteiger partial charge in [0.15, 0.2) is 0 Å². The topological polar surface area (TPSA) is 120 Å². The lowest BCUT2D eigenvalue weighted by Gasteiger charge is -2.38. The molecule has 8 heteroatoms. The van der Waals surface area contributed by atoms with E-state index in [0.717, 1.165) is 12.8 Å². The van der Waals surface area contributed by atoms with Gasteiger partial charge in [-0.1, -0.05) is 45.3 Å². The van der Waals surface area contributed by atoms with Gasteiger partial charge in [-0.05, 0) is 38.2 Å². The highest BCUT2D eigenvalue weighted by atomic mass is 16.5. The first-order chi connectivity index (χ1) is 15.3. The highest BCUT2D eigenvalue weighted by Crippen LogP contribution is 2.35. The monoisotopic (exact) mass is 445 g/mol. The summed E-state index contributed by atoms with van der Waals surface area (Å²) >= 11 is 0. The smallest absolute Gasteiger partial charge is 0.341 e. The van der Waals surface area contributed by atoms with Crippen LogP contribution in [-0.4, -0.2) is 42.4 Å². The van der Waals surface area contributed by atoms with Gasteiger partial charge in [-0.3, -0.25) is 4.79 Å². The zero-order chi connectivity index (χ0) is 23.3. The van der Waals surface area contributed by atoms with Gasteiger partial charge in [0.1, 0.15) is 17.7 Å². The first-order valence-electron chi connectivity index (χ1n) is 11.7. The molecule has 1 aliphatic heterocycles. The summed E-state index contributed by atoms with van der Waals surface area (Å²) in [6.07, 6.45) is 11.6. The molecule has 0 radical (unpaired) electrons. The van der Waals surface area contributed by atoms with E-state index in [0.29, 0.717) is 30.4 Å². The molecule has 1 saturated carbocycles. The number of carbonyl (C=O) groups is 3. The van der Waals surface area contributed by atoms with E-state index in [1.807, 2.05) is 19.9 Å². The first kappa shape index (κ1) is 24.2. The second-order valence-corrected chi connectivity index (χ2v) is 9.07. The minimum absolute atomic E-state index is 0.252. The third-order valence-corrected chi connectivity index (χ3v) is 6.68. The van der Waals surface area contributed by atoms with E-state index in [-0.39, 0.29) is 17.8 Å². The van der Waals surface area contributed by atoms with Crippen molar-refractivity contribution in [2.45, 2.75) is 71.4 Å². The van der Waals surface area contributed by atoms with Crippen LogP contribution in [0.4, 0.5) is 4.79 Å². The van der Waals surface area contributed by atoms with E-state index in [1.54, 1.807) is 19.1 Å². The number of nitrogens with one attached hydrogen (secondary N) is 1. The largest absolute Gasteiger partial charge is 0.465 e. The number of esters is 2. The molecule has 0 spiro atoms. The summed E-state index contributed by atoms with van der Waals surface area (Å²) in [7, 11) is 0. The van der Waals surface area contributed by atoms with Gasteiger partial charge in [-0.15, -0.1) is 0 Å². The number of carbonyl (C=O) groups excluding carboxylic acids is 3. The van der Waals surface area contributed by atoms with Crippen LogP contribution in [0.5, 0.6) is 0 Å². The minimum atomic E-state index is -0.747. The Morgan fingerprint density at radius 3 is 2.66 bits per heavy atom. The van der Waals surface area contributed by atoms with Gasteiger partial charge in [-0.25, -0.2) is 14.6 Å². The Bertz CT molecular complexity index is 810. The number of nitrogens with two attached hydrogens (primary N) is 1. The lowest BCUT2D eigenvalue weighted by molar-refractivity contribution is -0.149. The van der Waals surface area contributed by atoms with Crippen LogP contribution in [0.15, 0.2) is 29.0 Å². The summed E-state index contributed by atoms with van der Waals surface area (Å²) in [6, 6.07) is -1.76. The van der Waals surface area contributed by atoms with E-state index in [2.05, 4.69) is 10.3 Å². The summed E-state index contributed by atoms with van der Waals surface area (Å²) in [6.45, 7) is 5.75. The van der Waals surface area contributed by atoms with Crippen molar-refractivity contribution in [1.29, 1.82) is 0 Å². The molecule has 3 aliphatic rings. The van der Waals surface area contributed by atoms with Crippen LogP contribution in [0, 0.1) is 23.7 Å². The van der Waals surface area contributed by atoms with Crippen molar-refractivity contribution in [3.8, 4) is 0 Å². The number of amides is 2. The van der Waals surface area contributed by atoms with Crippen molar-refractivity contribution < 1.29 is 23.9 Å². The Hall–Kier alpha value is -2.48. The van der Waals surface area contributed by atoms with E-state index in [9.17, 15) is 14.4 Å². The zero-order valence-corrected chi connectivity index (χ0v) is 19.2. The molecule has 1 fully saturated rings. The van der Waals surface area contributed by atoms with E-state index in [4.69, 9.17) is 15.2 Å². The molecular weight excluding hydrogens is 410 g/mol. The molecule has 2 amide bonds. The second-order valence-electron chi connectivity index (χ2n) is 9.07. The number of urea groups is 1. The van der Waals surface area contributed by atoms with Crippen LogP contribution in [0.25, 0.3) is 0 Å².